The number of hydrogen-bond acceptors (Lipinski definition) is 3. The van der Waals surface area contributed by atoms with Crippen LogP contribution in [-0.4, -0.2) is 36.3 Å². The summed E-state index contributed by atoms with van der Waals surface area (Å²) in [4.78, 5) is 25.2. The molecule has 0 saturated carbocycles. The van der Waals surface area contributed by atoms with Crippen molar-refractivity contribution in [3.63, 3.8) is 0 Å². The maximum absolute atomic E-state index is 11.9. The first kappa shape index (κ1) is 15.0. The van der Waals surface area contributed by atoms with Crippen LogP contribution in [0.4, 0.5) is 0 Å². The molecule has 1 aromatic rings. The third-order valence-electron chi connectivity index (χ3n) is 2.56. The number of carbonyl (C=O) groups is 2. The van der Waals surface area contributed by atoms with E-state index in [9.17, 15) is 9.59 Å². The molecule has 0 aliphatic carbocycles. The third kappa shape index (κ3) is 4.99. The van der Waals surface area contributed by atoms with Gasteiger partial charge >= 0.3 is 0 Å². The quantitative estimate of drug-likeness (QED) is 0.764. The highest BCUT2D eigenvalue weighted by atomic mass is 16.3. The minimum atomic E-state index is -0.305. The topological polar surface area (TPSA) is 62.6 Å². The SMILES string of the molecule is C=C(C)CN(CC)C(=O)CCNC(=O)c1ccco1. The van der Waals surface area contributed by atoms with Gasteiger partial charge in [-0.25, -0.2) is 0 Å². The Balaban J connectivity index is 2.33. The molecule has 19 heavy (non-hydrogen) atoms. The Kier molecular flexibility index (Phi) is 5.85. The van der Waals surface area contributed by atoms with Crippen molar-refractivity contribution >= 4 is 11.8 Å². The van der Waals surface area contributed by atoms with Gasteiger partial charge in [0.1, 0.15) is 0 Å². The number of carbonyl (C=O) groups excluding carboxylic acids is 2. The molecule has 1 aromatic heterocycles. The Bertz CT molecular complexity index is 438. The smallest absolute Gasteiger partial charge is 0.286 e. The van der Waals surface area contributed by atoms with E-state index in [1.807, 2.05) is 13.8 Å². The standard InChI is InChI=1S/C14H20N2O3/c1-4-16(10-11(2)3)13(17)7-8-15-14(18)12-6-5-9-19-12/h5-6,9H,2,4,7-8,10H2,1,3H3,(H,15,18). The van der Waals surface area contributed by atoms with Gasteiger partial charge in [-0.2, -0.15) is 0 Å². The van der Waals surface area contributed by atoms with Crippen molar-refractivity contribution in [2.75, 3.05) is 19.6 Å². The molecule has 5 heteroatoms. The van der Waals surface area contributed by atoms with E-state index in [0.717, 1.165) is 5.57 Å². The maximum atomic E-state index is 11.9. The second kappa shape index (κ2) is 7.41. The van der Waals surface area contributed by atoms with Crippen LogP contribution in [0.5, 0.6) is 0 Å². The second-order valence-electron chi connectivity index (χ2n) is 4.35. The van der Waals surface area contributed by atoms with Gasteiger partial charge in [-0.3, -0.25) is 9.59 Å². The number of amides is 2. The molecule has 0 aromatic carbocycles. The van der Waals surface area contributed by atoms with Crippen molar-refractivity contribution in [1.29, 1.82) is 0 Å². The number of nitrogens with zero attached hydrogens (tertiary/aromatic N) is 1. The minimum Gasteiger partial charge on any atom is -0.459 e. The van der Waals surface area contributed by atoms with Crippen LogP contribution >= 0.6 is 0 Å². The predicted octanol–water partition coefficient (Wildman–Crippen LogP) is 1.82. The molecule has 5 nitrogen and oxygen atoms in total. The van der Waals surface area contributed by atoms with Gasteiger partial charge in [0.2, 0.25) is 5.91 Å². The van der Waals surface area contributed by atoms with Crippen molar-refractivity contribution in [2.45, 2.75) is 20.3 Å². The van der Waals surface area contributed by atoms with Gasteiger partial charge in [0.15, 0.2) is 5.76 Å². The fraction of sp³-hybridized carbons (Fsp3) is 0.429. The van der Waals surface area contributed by atoms with Crippen molar-refractivity contribution in [3.8, 4) is 0 Å². The van der Waals surface area contributed by atoms with Crippen molar-refractivity contribution in [3.05, 3.63) is 36.3 Å². The lowest BCUT2D eigenvalue weighted by molar-refractivity contribution is -0.130. The molecule has 1 N–H and O–H groups in total. The summed E-state index contributed by atoms with van der Waals surface area (Å²) in [5.74, 6) is -0.0484. The van der Waals surface area contributed by atoms with Crippen LogP contribution in [0, 0.1) is 0 Å². The second-order valence-corrected chi connectivity index (χ2v) is 4.35. The summed E-state index contributed by atoms with van der Waals surface area (Å²) >= 11 is 0. The van der Waals surface area contributed by atoms with Gasteiger partial charge in [-0.05, 0) is 26.0 Å². The van der Waals surface area contributed by atoms with Crippen molar-refractivity contribution < 1.29 is 14.0 Å². The van der Waals surface area contributed by atoms with Crippen LogP contribution in [0.15, 0.2) is 35.0 Å². The molecular formula is C14H20N2O3. The summed E-state index contributed by atoms with van der Waals surface area (Å²) < 4.78 is 4.96. The Morgan fingerprint density at radius 2 is 2.21 bits per heavy atom. The van der Waals surface area contributed by atoms with Crippen molar-refractivity contribution in [1.82, 2.24) is 10.2 Å². The van der Waals surface area contributed by atoms with E-state index in [1.165, 1.54) is 6.26 Å². The Morgan fingerprint density at radius 1 is 1.47 bits per heavy atom. The van der Waals surface area contributed by atoms with Crippen LogP contribution in [0.3, 0.4) is 0 Å². The fourth-order valence-electron chi connectivity index (χ4n) is 1.64. The van der Waals surface area contributed by atoms with E-state index >= 15 is 0 Å². The molecule has 0 unspecified atom stereocenters. The number of likely N-dealkylation sites (N-methyl/N-ethyl adjacent to an activating group) is 1. The molecule has 0 saturated heterocycles. The fourth-order valence-corrected chi connectivity index (χ4v) is 1.64. The molecule has 0 bridgehead atoms. The summed E-state index contributed by atoms with van der Waals surface area (Å²) in [5, 5.41) is 2.65. The molecule has 1 heterocycles. The minimum absolute atomic E-state index is 0.00486. The van der Waals surface area contributed by atoms with E-state index in [-0.39, 0.29) is 24.0 Å². The Hall–Kier alpha value is -2.04. The molecule has 2 amide bonds. The van der Waals surface area contributed by atoms with Gasteiger partial charge in [0.25, 0.3) is 5.91 Å². The number of hydrogen-bond donors (Lipinski definition) is 1. The third-order valence-corrected chi connectivity index (χ3v) is 2.56. The molecule has 0 atom stereocenters. The molecule has 0 fully saturated rings. The lowest BCUT2D eigenvalue weighted by Crippen LogP contribution is -2.35. The predicted molar refractivity (Wildman–Crippen MR) is 72.7 cm³/mol. The van der Waals surface area contributed by atoms with Gasteiger partial charge in [0, 0.05) is 26.1 Å². The monoisotopic (exact) mass is 264 g/mol. The van der Waals surface area contributed by atoms with Crippen LogP contribution in [0.2, 0.25) is 0 Å². The van der Waals surface area contributed by atoms with Crippen LogP contribution in [0.25, 0.3) is 0 Å². The molecule has 0 radical (unpaired) electrons. The first-order valence-electron chi connectivity index (χ1n) is 6.28. The zero-order valence-corrected chi connectivity index (χ0v) is 11.4. The first-order valence-corrected chi connectivity index (χ1v) is 6.28. The highest BCUT2D eigenvalue weighted by Crippen LogP contribution is 2.01. The van der Waals surface area contributed by atoms with Gasteiger partial charge in [0.05, 0.1) is 6.26 Å². The van der Waals surface area contributed by atoms with E-state index in [2.05, 4.69) is 11.9 Å². The van der Waals surface area contributed by atoms with E-state index < -0.39 is 0 Å². The molecule has 0 aliphatic rings. The van der Waals surface area contributed by atoms with Crippen LogP contribution in [-0.2, 0) is 4.79 Å². The molecule has 0 aliphatic heterocycles. The van der Waals surface area contributed by atoms with E-state index in [4.69, 9.17) is 4.42 Å². The van der Waals surface area contributed by atoms with Gasteiger partial charge in [-0.1, -0.05) is 12.2 Å². The highest BCUT2D eigenvalue weighted by molar-refractivity contribution is 5.91. The number of furan rings is 1. The maximum Gasteiger partial charge on any atom is 0.286 e. The van der Waals surface area contributed by atoms with Crippen LogP contribution < -0.4 is 5.32 Å². The van der Waals surface area contributed by atoms with E-state index in [0.29, 0.717) is 19.6 Å². The Morgan fingerprint density at radius 3 is 2.74 bits per heavy atom. The number of nitrogens with one attached hydrogen (secondary N) is 1. The normalized spacial score (nSPS) is 10.0. The largest absolute Gasteiger partial charge is 0.459 e. The average Bonchev–Trinajstić information content (AvgIpc) is 2.89. The summed E-state index contributed by atoms with van der Waals surface area (Å²) in [6.07, 6.45) is 1.71. The Labute approximate surface area is 113 Å². The lowest BCUT2D eigenvalue weighted by Gasteiger charge is -2.20. The highest BCUT2D eigenvalue weighted by Gasteiger charge is 2.13. The van der Waals surface area contributed by atoms with E-state index in [1.54, 1.807) is 17.0 Å². The first-order chi connectivity index (χ1) is 9.04. The summed E-state index contributed by atoms with van der Waals surface area (Å²) in [5.41, 5.74) is 0.940. The molecule has 1 rings (SSSR count). The molecule has 0 spiro atoms. The van der Waals surface area contributed by atoms with Gasteiger partial charge in [-0.15, -0.1) is 0 Å². The zero-order chi connectivity index (χ0) is 14.3. The summed E-state index contributed by atoms with van der Waals surface area (Å²) in [6, 6.07) is 3.22. The van der Waals surface area contributed by atoms with Crippen LogP contribution in [0.1, 0.15) is 30.8 Å². The zero-order valence-electron chi connectivity index (χ0n) is 11.4. The lowest BCUT2D eigenvalue weighted by atomic mass is 10.2. The summed E-state index contributed by atoms with van der Waals surface area (Å²) in [7, 11) is 0. The molecule has 104 valence electrons. The average molecular weight is 264 g/mol. The van der Waals surface area contributed by atoms with Crippen molar-refractivity contribution in [2.24, 2.45) is 0 Å². The summed E-state index contributed by atoms with van der Waals surface area (Å²) in [6.45, 7) is 9.08. The molecular weight excluding hydrogens is 244 g/mol. The number of rotatable bonds is 7. The van der Waals surface area contributed by atoms with Gasteiger partial charge < -0.3 is 14.6 Å².